The zero-order chi connectivity index (χ0) is 15.5. The second kappa shape index (κ2) is 7.02. The van der Waals surface area contributed by atoms with Crippen LogP contribution in [0.2, 0.25) is 0 Å². The number of benzene rings is 1. The van der Waals surface area contributed by atoms with E-state index in [2.05, 4.69) is 42.9 Å². The molecule has 2 heterocycles. The van der Waals surface area contributed by atoms with Crippen molar-refractivity contribution in [2.24, 2.45) is 0 Å². The normalized spacial score (nSPS) is 16.8. The van der Waals surface area contributed by atoms with E-state index in [9.17, 15) is 4.39 Å². The van der Waals surface area contributed by atoms with Gasteiger partial charge in [-0.3, -0.25) is 0 Å². The Balaban J connectivity index is 1.80. The fraction of sp³-hybridized carbons (Fsp3) is 0.467. The third kappa shape index (κ3) is 3.47. The molecule has 1 aliphatic rings. The number of hydrogen-bond acceptors (Lipinski definition) is 5. The topological polar surface area (TPSA) is 32.3 Å². The van der Waals surface area contributed by atoms with E-state index in [0.29, 0.717) is 10.6 Å². The van der Waals surface area contributed by atoms with Gasteiger partial charge in [-0.15, -0.1) is 10.2 Å². The van der Waals surface area contributed by atoms with Crippen LogP contribution < -0.4 is 4.90 Å². The lowest BCUT2D eigenvalue weighted by molar-refractivity contribution is 0.310. The molecule has 4 nitrogen and oxygen atoms in total. The Morgan fingerprint density at radius 1 is 1.23 bits per heavy atom. The number of anilines is 1. The van der Waals surface area contributed by atoms with Crippen LogP contribution >= 0.6 is 27.3 Å². The minimum absolute atomic E-state index is 0.265. The number of aromatic nitrogens is 2. The monoisotopic (exact) mass is 384 g/mol. The van der Waals surface area contributed by atoms with Crippen LogP contribution in [0.15, 0.2) is 22.7 Å². The predicted molar refractivity (Wildman–Crippen MR) is 91.9 cm³/mol. The van der Waals surface area contributed by atoms with Gasteiger partial charge >= 0.3 is 0 Å². The summed E-state index contributed by atoms with van der Waals surface area (Å²) in [5, 5.41) is 9.97. The molecule has 7 heteroatoms. The maximum Gasteiger partial charge on any atom is 0.208 e. The van der Waals surface area contributed by atoms with Gasteiger partial charge in [0.25, 0.3) is 0 Å². The molecule has 0 radical (unpaired) electrons. The highest BCUT2D eigenvalue weighted by Gasteiger charge is 2.19. The Morgan fingerprint density at radius 3 is 2.91 bits per heavy atom. The molecule has 0 N–H and O–H groups in total. The van der Waals surface area contributed by atoms with E-state index >= 15 is 0 Å². The lowest BCUT2D eigenvalue weighted by Gasteiger charge is -2.19. The lowest BCUT2D eigenvalue weighted by Crippen LogP contribution is -2.30. The Kier molecular flexibility index (Phi) is 5.05. The number of likely N-dealkylation sites (N-methyl/N-ethyl adjacent to an activating group) is 1. The number of halogens is 2. The molecule has 1 aliphatic heterocycles. The van der Waals surface area contributed by atoms with Crippen LogP contribution in [0.25, 0.3) is 10.6 Å². The Hall–Kier alpha value is -1.05. The summed E-state index contributed by atoms with van der Waals surface area (Å²) >= 11 is 4.83. The Labute approximate surface area is 142 Å². The van der Waals surface area contributed by atoms with Gasteiger partial charge in [-0.1, -0.05) is 34.2 Å². The van der Waals surface area contributed by atoms with Gasteiger partial charge in [0.2, 0.25) is 5.13 Å². The smallest absolute Gasteiger partial charge is 0.208 e. The highest BCUT2D eigenvalue weighted by molar-refractivity contribution is 9.10. The average Bonchev–Trinajstić information content (AvgIpc) is 2.88. The summed E-state index contributed by atoms with van der Waals surface area (Å²) in [6.07, 6.45) is 1.12. The maximum absolute atomic E-state index is 14.0. The molecule has 0 unspecified atom stereocenters. The Morgan fingerprint density at radius 2 is 2.09 bits per heavy atom. The first-order chi connectivity index (χ1) is 10.7. The first-order valence-electron chi connectivity index (χ1n) is 7.43. The molecule has 0 atom stereocenters. The minimum Gasteiger partial charge on any atom is -0.345 e. The van der Waals surface area contributed by atoms with Crippen molar-refractivity contribution in [2.75, 3.05) is 37.6 Å². The van der Waals surface area contributed by atoms with Crippen molar-refractivity contribution in [1.82, 2.24) is 15.1 Å². The summed E-state index contributed by atoms with van der Waals surface area (Å²) in [6, 6.07) is 4.89. The summed E-state index contributed by atoms with van der Waals surface area (Å²) in [5.41, 5.74) is 0.503. The molecule has 0 spiro atoms. The molecule has 0 saturated carbocycles. The van der Waals surface area contributed by atoms with Crippen LogP contribution in [0.3, 0.4) is 0 Å². The van der Waals surface area contributed by atoms with E-state index in [4.69, 9.17) is 0 Å². The van der Waals surface area contributed by atoms with Crippen molar-refractivity contribution in [3.8, 4) is 10.6 Å². The molecule has 1 aromatic heterocycles. The van der Waals surface area contributed by atoms with Gasteiger partial charge in [0.15, 0.2) is 5.01 Å². The van der Waals surface area contributed by atoms with E-state index in [1.165, 1.54) is 17.4 Å². The van der Waals surface area contributed by atoms with Crippen molar-refractivity contribution >= 4 is 32.4 Å². The van der Waals surface area contributed by atoms with E-state index in [0.717, 1.165) is 48.7 Å². The molecule has 1 aromatic carbocycles. The van der Waals surface area contributed by atoms with Gasteiger partial charge < -0.3 is 9.80 Å². The SMILES string of the molecule is CCN1CCCN(c2nnc(-c3cc(Br)ccc3F)s2)CC1. The van der Waals surface area contributed by atoms with Gasteiger partial charge in [0.1, 0.15) is 5.82 Å². The van der Waals surface area contributed by atoms with Crippen molar-refractivity contribution in [3.63, 3.8) is 0 Å². The van der Waals surface area contributed by atoms with Crippen molar-refractivity contribution in [3.05, 3.63) is 28.5 Å². The summed E-state index contributed by atoms with van der Waals surface area (Å²) in [5.74, 6) is -0.265. The summed E-state index contributed by atoms with van der Waals surface area (Å²) < 4.78 is 14.8. The third-order valence-electron chi connectivity index (χ3n) is 3.88. The van der Waals surface area contributed by atoms with E-state index in [1.807, 2.05) is 0 Å². The standard InChI is InChI=1S/C15H18BrFN4S/c1-2-20-6-3-7-21(9-8-20)15-19-18-14(22-15)12-10-11(16)4-5-13(12)17/h4-5,10H,2-3,6-9H2,1H3. The molecule has 1 saturated heterocycles. The molecule has 1 fully saturated rings. The number of nitrogens with zero attached hydrogens (tertiary/aromatic N) is 4. The van der Waals surface area contributed by atoms with E-state index in [1.54, 1.807) is 12.1 Å². The third-order valence-corrected chi connectivity index (χ3v) is 5.39. The van der Waals surface area contributed by atoms with Gasteiger partial charge in [-0.05, 0) is 37.7 Å². The van der Waals surface area contributed by atoms with Crippen LogP contribution in [0.5, 0.6) is 0 Å². The van der Waals surface area contributed by atoms with Crippen molar-refractivity contribution in [1.29, 1.82) is 0 Å². The van der Waals surface area contributed by atoms with Crippen molar-refractivity contribution in [2.45, 2.75) is 13.3 Å². The van der Waals surface area contributed by atoms with Gasteiger partial charge in [0.05, 0.1) is 0 Å². The second-order valence-corrected chi connectivity index (χ2v) is 7.16. The van der Waals surface area contributed by atoms with Gasteiger partial charge in [-0.25, -0.2) is 4.39 Å². The highest BCUT2D eigenvalue weighted by Crippen LogP contribution is 2.32. The van der Waals surface area contributed by atoms with Crippen LogP contribution in [0.1, 0.15) is 13.3 Å². The zero-order valence-corrected chi connectivity index (χ0v) is 14.8. The molecule has 0 bridgehead atoms. The molecule has 2 aromatic rings. The zero-order valence-electron chi connectivity index (χ0n) is 12.4. The lowest BCUT2D eigenvalue weighted by atomic mass is 10.2. The van der Waals surface area contributed by atoms with Crippen LogP contribution in [-0.4, -0.2) is 47.8 Å². The van der Waals surface area contributed by atoms with E-state index < -0.39 is 0 Å². The van der Waals surface area contributed by atoms with Gasteiger partial charge in [0, 0.05) is 29.7 Å². The number of rotatable bonds is 3. The largest absolute Gasteiger partial charge is 0.345 e. The maximum atomic E-state index is 14.0. The fourth-order valence-electron chi connectivity index (χ4n) is 2.59. The molecule has 0 amide bonds. The van der Waals surface area contributed by atoms with Crippen molar-refractivity contribution < 1.29 is 4.39 Å². The predicted octanol–water partition coefficient (Wildman–Crippen LogP) is 3.64. The average molecular weight is 385 g/mol. The number of hydrogen-bond donors (Lipinski definition) is 0. The minimum atomic E-state index is -0.265. The molecule has 118 valence electrons. The summed E-state index contributed by atoms with van der Waals surface area (Å²) in [4.78, 5) is 4.70. The Bertz CT molecular complexity index is 648. The molecule has 3 rings (SSSR count). The van der Waals surface area contributed by atoms with Gasteiger partial charge in [-0.2, -0.15) is 0 Å². The van der Waals surface area contributed by atoms with Crippen LogP contribution in [0.4, 0.5) is 9.52 Å². The molecule has 22 heavy (non-hydrogen) atoms. The fourth-order valence-corrected chi connectivity index (χ4v) is 3.87. The first-order valence-corrected chi connectivity index (χ1v) is 9.04. The first kappa shape index (κ1) is 15.8. The quantitative estimate of drug-likeness (QED) is 0.808. The molecular weight excluding hydrogens is 367 g/mol. The summed E-state index contributed by atoms with van der Waals surface area (Å²) in [6.45, 7) is 7.36. The highest BCUT2D eigenvalue weighted by atomic mass is 79.9. The second-order valence-electron chi connectivity index (χ2n) is 5.29. The summed E-state index contributed by atoms with van der Waals surface area (Å²) in [7, 11) is 0. The van der Waals surface area contributed by atoms with E-state index in [-0.39, 0.29) is 5.82 Å². The van der Waals surface area contributed by atoms with Crippen LogP contribution in [0, 0.1) is 5.82 Å². The van der Waals surface area contributed by atoms with Crippen LogP contribution in [-0.2, 0) is 0 Å². The molecular formula is C15H18BrFN4S. The molecule has 0 aliphatic carbocycles.